The van der Waals surface area contributed by atoms with E-state index in [1.807, 2.05) is 0 Å². The molecule has 0 spiro atoms. The third kappa shape index (κ3) is 5.34. The van der Waals surface area contributed by atoms with Crippen LogP contribution in [0.2, 0.25) is 0 Å². The molecule has 1 aliphatic heterocycles. The van der Waals surface area contributed by atoms with Gasteiger partial charge >= 0.3 is 0 Å². The standard InChI is InChI=1S/C22H27FN2O5S/c1-3-4-14-30-20-9-8-17(15-21(20)29-2)22(26)24-10-12-25(13-11-24)31(27,28)19-7-5-6-18(23)16-19/h5-9,15-16H,3-4,10-14H2,1-2H3. The summed E-state index contributed by atoms with van der Waals surface area (Å²) in [6, 6.07) is 9.97. The second-order valence-corrected chi connectivity index (χ2v) is 9.16. The molecule has 1 fully saturated rings. The topological polar surface area (TPSA) is 76.2 Å². The van der Waals surface area contributed by atoms with Gasteiger partial charge in [-0.3, -0.25) is 4.79 Å². The van der Waals surface area contributed by atoms with Crippen LogP contribution in [0.15, 0.2) is 47.4 Å². The fraction of sp³-hybridized carbons (Fsp3) is 0.409. The molecule has 9 heteroatoms. The zero-order valence-electron chi connectivity index (χ0n) is 17.7. The highest BCUT2D eigenvalue weighted by atomic mass is 32.2. The number of methoxy groups -OCH3 is 1. The van der Waals surface area contributed by atoms with Crippen molar-refractivity contribution in [3.63, 3.8) is 0 Å². The summed E-state index contributed by atoms with van der Waals surface area (Å²) >= 11 is 0. The number of carbonyl (C=O) groups excluding carboxylic acids is 1. The van der Waals surface area contributed by atoms with Crippen molar-refractivity contribution in [1.82, 2.24) is 9.21 Å². The van der Waals surface area contributed by atoms with Crippen molar-refractivity contribution in [2.75, 3.05) is 39.9 Å². The van der Waals surface area contributed by atoms with Gasteiger partial charge in [-0.15, -0.1) is 0 Å². The highest BCUT2D eigenvalue weighted by Gasteiger charge is 2.31. The quantitative estimate of drug-likeness (QED) is 0.578. The molecule has 0 bridgehead atoms. The Morgan fingerprint density at radius 2 is 1.81 bits per heavy atom. The molecule has 1 amide bonds. The average Bonchev–Trinajstić information content (AvgIpc) is 2.79. The summed E-state index contributed by atoms with van der Waals surface area (Å²) in [7, 11) is -2.29. The fourth-order valence-electron chi connectivity index (χ4n) is 3.34. The molecular weight excluding hydrogens is 423 g/mol. The van der Waals surface area contributed by atoms with Gasteiger partial charge in [-0.2, -0.15) is 4.31 Å². The normalized spacial score (nSPS) is 15.0. The van der Waals surface area contributed by atoms with Crippen LogP contribution >= 0.6 is 0 Å². The van der Waals surface area contributed by atoms with Crippen molar-refractivity contribution >= 4 is 15.9 Å². The van der Waals surface area contributed by atoms with Crippen LogP contribution in [0.3, 0.4) is 0 Å². The Kier molecular flexibility index (Phi) is 7.50. The Hall–Kier alpha value is -2.65. The van der Waals surface area contributed by atoms with E-state index in [1.54, 1.807) is 23.1 Å². The molecular formula is C22H27FN2O5S. The predicted octanol–water partition coefficient (Wildman–Crippen LogP) is 3.16. The van der Waals surface area contributed by atoms with Crippen LogP contribution in [0, 0.1) is 5.82 Å². The van der Waals surface area contributed by atoms with Gasteiger partial charge in [-0.05, 0) is 42.8 Å². The van der Waals surface area contributed by atoms with E-state index in [4.69, 9.17) is 9.47 Å². The summed E-state index contributed by atoms with van der Waals surface area (Å²) in [6.07, 6.45) is 1.94. The molecule has 1 aliphatic rings. The fourth-order valence-corrected chi connectivity index (χ4v) is 4.79. The van der Waals surface area contributed by atoms with E-state index in [9.17, 15) is 17.6 Å². The van der Waals surface area contributed by atoms with E-state index in [0.717, 1.165) is 18.9 Å². The Morgan fingerprint density at radius 3 is 2.45 bits per heavy atom. The Balaban J connectivity index is 1.66. The first-order valence-electron chi connectivity index (χ1n) is 10.2. The Bertz CT molecular complexity index is 1020. The second kappa shape index (κ2) is 10.1. The molecule has 0 radical (unpaired) electrons. The molecule has 1 saturated heterocycles. The van der Waals surface area contributed by atoms with Crippen molar-refractivity contribution < 1.29 is 27.1 Å². The lowest BCUT2D eigenvalue weighted by Crippen LogP contribution is -2.50. The van der Waals surface area contributed by atoms with E-state index >= 15 is 0 Å². The van der Waals surface area contributed by atoms with E-state index in [1.165, 1.54) is 29.6 Å². The van der Waals surface area contributed by atoms with Crippen molar-refractivity contribution in [1.29, 1.82) is 0 Å². The highest BCUT2D eigenvalue weighted by Crippen LogP contribution is 2.29. The van der Waals surface area contributed by atoms with Gasteiger partial charge < -0.3 is 14.4 Å². The van der Waals surface area contributed by atoms with E-state index in [2.05, 4.69) is 6.92 Å². The number of hydrogen-bond donors (Lipinski definition) is 0. The van der Waals surface area contributed by atoms with E-state index in [-0.39, 0.29) is 37.0 Å². The summed E-state index contributed by atoms with van der Waals surface area (Å²) in [5, 5.41) is 0. The number of unbranched alkanes of at least 4 members (excludes halogenated alkanes) is 1. The molecule has 0 saturated carbocycles. The molecule has 168 valence electrons. The lowest BCUT2D eigenvalue weighted by atomic mass is 10.1. The van der Waals surface area contributed by atoms with Crippen LogP contribution in [-0.2, 0) is 10.0 Å². The van der Waals surface area contributed by atoms with Crippen LogP contribution < -0.4 is 9.47 Å². The molecule has 0 N–H and O–H groups in total. The molecule has 0 aromatic heterocycles. The number of nitrogens with zero attached hydrogens (tertiary/aromatic N) is 2. The van der Waals surface area contributed by atoms with E-state index < -0.39 is 15.8 Å². The zero-order valence-corrected chi connectivity index (χ0v) is 18.5. The maximum atomic E-state index is 13.4. The Labute approximate surface area is 182 Å². The maximum absolute atomic E-state index is 13.4. The second-order valence-electron chi connectivity index (χ2n) is 7.22. The predicted molar refractivity (Wildman–Crippen MR) is 114 cm³/mol. The first kappa shape index (κ1) is 23.0. The number of sulfonamides is 1. The summed E-state index contributed by atoms with van der Waals surface area (Å²) in [6.45, 7) is 3.40. The third-order valence-corrected chi connectivity index (χ3v) is 7.02. The molecule has 0 aliphatic carbocycles. The van der Waals surface area contributed by atoms with Crippen LogP contribution in [0.1, 0.15) is 30.1 Å². The minimum absolute atomic E-state index is 0.0873. The first-order valence-corrected chi connectivity index (χ1v) is 11.7. The molecule has 0 atom stereocenters. The van der Waals surface area contributed by atoms with Gasteiger partial charge in [0.25, 0.3) is 5.91 Å². The SMILES string of the molecule is CCCCOc1ccc(C(=O)N2CCN(S(=O)(=O)c3cccc(F)c3)CC2)cc1OC. The molecule has 2 aromatic carbocycles. The van der Waals surface area contributed by atoms with Crippen molar-refractivity contribution in [3.05, 3.63) is 53.8 Å². The van der Waals surface area contributed by atoms with Gasteiger partial charge in [-0.1, -0.05) is 19.4 Å². The largest absolute Gasteiger partial charge is 0.493 e. The van der Waals surface area contributed by atoms with Gasteiger partial charge in [0.2, 0.25) is 10.0 Å². The summed E-state index contributed by atoms with van der Waals surface area (Å²) in [5.41, 5.74) is 0.445. The van der Waals surface area contributed by atoms with Gasteiger partial charge in [0.05, 0.1) is 18.6 Å². The number of rotatable bonds is 8. The Morgan fingerprint density at radius 1 is 1.06 bits per heavy atom. The minimum Gasteiger partial charge on any atom is -0.493 e. The van der Waals surface area contributed by atoms with Crippen LogP contribution in [0.4, 0.5) is 4.39 Å². The van der Waals surface area contributed by atoms with Crippen molar-refractivity contribution in [3.8, 4) is 11.5 Å². The monoisotopic (exact) mass is 450 g/mol. The number of ether oxygens (including phenoxy) is 2. The van der Waals surface area contributed by atoms with Gasteiger partial charge in [0.1, 0.15) is 5.82 Å². The molecule has 31 heavy (non-hydrogen) atoms. The molecule has 1 heterocycles. The van der Waals surface area contributed by atoms with E-state index in [0.29, 0.717) is 23.7 Å². The molecule has 2 aromatic rings. The first-order chi connectivity index (χ1) is 14.9. The zero-order chi connectivity index (χ0) is 22.4. The van der Waals surface area contributed by atoms with Gasteiger partial charge in [0, 0.05) is 31.7 Å². The molecule has 3 rings (SSSR count). The molecule has 0 unspecified atom stereocenters. The summed E-state index contributed by atoms with van der Waals surface area (Å²) in [5.74, 6) is 0.250. The number of halogens is 1. The van der Waals surface area contributed by atoms with Crippen molar-refractivity contribution in [2.24, 2.45) is 0 Å². The smallest absolute Gasteiger partial charge is 0.254 e. The van der Waals surface area contributed by atoms with Crippen LogP contribution in [0.5, 0.6) is 11.5 Å². The lowest BCUT2D eigenvalue weighted by molar-refractivity contribution is 0.0697. The minimum atomic E-state index is -3.81. The number of hydrogen-bond acceptors (Lipinski definition) is 5. The van der Waals surface area contributed by atoms with Crippen molar-refractivity contribution in [2.45, 2.75) is 24.7 Å². The average molecular weight is 451 g/mol. The van der Waals surface area contributed by atoms with Crippen LogP contribution in [0.25, 0.3) is 0 Å². The number of carbonyl (C=O) groups is 1. The number of piperazine rings is 1. The highest BCUT2D eigenvalue weighted by molar-refractivity contribution is 7.89. The number of benzene rings is 2. The number of amides is 1. The summed E-state index contributed by atoms with van der Waals surface area (Å²) < 4.78 is 51.3. The lowest BCUT2D eigenvalue weighted by Gasteiger charge is -2.34. The third-order valence-electron chi connectivity index (χ3n) is 5.13. The van der Waals surface area contributed by atoms with Gasteiger partial charge in [0.15, 0.2) is 11.5 Å². The van der Waals surface area contributed by atoms with Gasteiger partial charge in [-0.25, -0.2) is 12.8 Å². The van der Waals surface area contributed by atoms with Crippen LogP contribution in [-0.4, -0.2) is 63.4 Å². The molecule has 7 nitrogen and oxygen atoms in total. The maximum Gasteiger partial charge on any atom is 0.254 e. The summed E-state index contributed by atoms with van der Waals surface area (Å²) in [4.78, 5) is 14.4.